The van der Waals surface area contributed by atoms with Crippen LogP contribution in [-0.2, 0) is 24.5 Å². The van der Waals surface area contributed by atoms with Crippen LogP contribution in [0.25, 0.3) is 0 Å². The number of imide groups is 1. The van der Waals surface area contributed by atoms with E-state index in [4.69, 9.17) is 20.6 Å². The summed E-state index contributed by atoms with van der Waals surface area (Å²) in [4.78, 5) is 35.0. The molecule has 6 rings (SSSR count). The molecule has 202 valence electrons. The van der Waals surface area contributed by atoms with Crippen LogP contribution in [0.3, 0.4) is 0 Å². The highest BCUT2D eigenvalue weighted by Crippen LogP contribution is 2.50. The van der Waals surface area contributed by atoms with E-state index in [1.807, 2.05) is 6.07 Å². The summed E-state index contributed by atoms with van der Waals surface area (Å²) >= 11 is 6.31. The first-order valence-corrected chi connectivity index (χ1v) is 14.3. The van der Waals surface area contributed by atoms with Crippen molar-refractivity contribution >= 4 is 44.9 Å². The lowest BCUT2D eigenvalue weighted by Gasteiger charge is -2.30. The smallest absolute Gasteiger partial charge is 0.339 e. The average molecular weight is 575 g/mol. The SMILES string of the molecule is Cc1c(Cl)cccc1N1C(=O)[C@@H]2[C@H](ON(c3ccccc3)[C@H]2c2ccccc2OS(=O)(=O)c2ccccc2)C1=O. The van der Waals surface area contributed by atoms with E-state index in [2.05, 4.69) is 0 Å². The molecule has 0 unspecified atom stereocenters. The Morgan fingerprint density at radius 3 is 2.17 bits per heavy atom. The number of carbonyl (C=O) groups excluding carboxylic acids is 2. The van der Waals surface area contributed by atoms with Gasteiger partial charge in [-0.05, 0) is 55.0 Å². The zero-order chi connectivity index (χ0) is 28.0. The molecule has 40 heavy (non-hydrogen) atoms. The number of carbonyl (C=O) groups is 2. The molecule has 4 aromatic rings. The van der Waals surface area contributed by atoms with E-state index in [9.17, 15) is 18.0 Å². The van der Waals surface area contributed by atoms with Gasteiger partial charge < -0.3 is 4.18 Å². The van der Waals surface area contributed by atoms with Crippen LogP contribution < -0.4 is 14.1 Å². The van der Waals surface area contributed by atoms with Crippen LogP contribution in [0.4, 0.5) is 11.4 Å². The molecule has 0 spiro atoms. The number of hydroxylamine groups is 1. The topological polar surface area (TPSA) is 93.2 Å². The molecular weight excluding hydrogens is 552 g/mol. The molecule has 2 aliphatic rings. The first-order chi connectivity index (χ1) is 19.3. The van der Waals surface area contributed by atoms with Gasteiger partial charge in [0.25, 0.3) is 5.91 Å². The minimum atomic E-state index is -4.19. The second-order valence-electron chi connectivity index (χ2n) is 9.44. The minimum Gasteiger partial charge on any atom is -0.379 e. The number of hydrogen-bond donors (Lipinski definition) is 0. The number of halogens is 1. The summed E-state index contributed by atoms with van der Waals surface area (Å²) in [6.45, 7) is 1.73. The van der Waals surface area contributed by atoms with E-state index in [0.717, 1.165) is 4.90 Å². The van der Waals surface area contributed by atoms with Gasteiger partial charge in [0.1, 0.15) is 16.6 Å². The van der Waals surface area contributed by atoms with Crippen LogP contribution >= 0.6 is 11.6 Å². The van der Waals surface area contributed by atoms with Crippen molar-refractivity contribution in [3.8, 4) is 5.75 Å². The fourth-order valence-electron chi connectivity index (χ4n) is 5.16. The first-order valence-electron chi connectivity index (χ1n) is 12.5. The van der Waals surface area contributed by atoms with Crippen LogP contribution in [0, 0.1) is 12.8 Å². The van der Waals surface area contributed by atoms with E-state index < -0.39 is 40.0 Å². The second-order valence-corrected chi connectivity index (χ2v) is 11.4. The number of rotatable bonds is 6. The van der Waals surface area contributed by atoms with Crippen molar-refractivity contribution in [3.63, 3.8) is 0 Å². The second kappa shape index (κ2) is 10.1. The van der Waals surface area contributed by atoms with Gasteiger partial charge in [-0.25, -0.2) is 9.96 Å². The summed E-state index contributed by atoms with van der Waals surface area (Å²) in [6.07, 6.45) is -1.14. The van der Waals surface area contributed by atoms with Crippen molar-refractivity contribution in [2.45, 2.75) is 24.0 Å². The Kier molecular flexibility index (Phi) is 6.58. The van der Waals surface area contributed by atoms with E-state index in [0.29, 0.717) is 27.5 Å². The zero-order valence-corrected chi connectivity index (χ0v) is 22.7. The van der Waals surface area contributed by atoms with Crippen LogP contribution in [0.5, 0.6) is 5.75 Å². The monoisotopic (exact) mass is 574 g/mol. The zero-order valence-electron chi connectivity index (χ0n) is 21.2. The van der Waals surface area contributed by atoms with Gasteiger partial charge in [0.05, 0.1) is 17.4 Å². The van der Waals surface area contributed by atoms with Gasteiger partial charge in [-0.3, -0.25) is 14.4 Å². The predicted molar refractivity (Wildman–Crippen MR) is 149 cm³/mol. The first kappa shape index (κ1) is 26.1. The minimum absolute atomic E-state index is 0.0139. The van der Waals surface area contributed by atoms with Crippen molar-refractivity contribution in [2.75, 3.05) is 9.96 Å². The van der Waals surface area contributed by atoms with Gasteiger partial charge in [-0.1, -0.05) is 72.3 Å². The van der Waals surface area contributed by atoms with Crippen molar-refractivity contribution in [3.05, 3.63) is 119 Å². The quantitative estimate of drug-likeness (QED) is 0.223. The maximum Gasteiger partial charge on any atom is 0.339 e. The summed E-state index contributed by atoms with van der Waals surface area (Å²) < 4.78 is 32.0. The van der Waals surface area contributed by atoms with Crippen molar-refractivity contribution in [2.24, 2.45) is 5.92 Å². The highest BCUT2D eigenvalue weighted by Gasteiger charge is 2.61. The highest BCUT2D eigenvalue weighted by molar-refractivity contribution is 7.87. The molecule has 0 aliphatic carbocycles. The molecule has 0 saturated carbocycles. The Bertz CT molecular complexity index is 1710. The van der Waals surface area contributed by atoms with Crippen LogP contribution in [0.2, 0.25) is 5.02 Å². The fourth-order valence-corrected chi connectivity index (χ4v) is 6.30. The lowest BCUT2D eigenvalue weighted by Crippen LogP contribution is -2.38. The number of benzene rings is 4. The molecule has 2 aliphatic heterocycles. The van der Waals surface area contributed by atoms with Crippen LogP contribution in [-0.4, -0.2) is 26.3 Å². The van der Waals surface area contributed by atoms with Gasteiger partial charge in [0, 0.05) is 10.6 Å². The van der Waals surface area contributed by atoms with Crippen molar-refractivity contribution in [1.29, 1.82) is 0 Å². The summed E-state index contributed by atoms with van der Waals surface area (Å²) in [6, 6.07) is 27.5. The molecule has 10 heteroatoms. The van der Waals surface area contributed by atoms with Crippen molar-refractivity contribution < 1.29 is 27.0 Å². The molecule has 0 radical (unpaired) electrons. The van der Waals surface area contributed by atoms with E-state index in [1.165, 1.54) is 23.3 Å². The Morgan fingerprint density at radius 1 is 0.800 bits per heavy atom. The molecule has 4 aromatic carbocycles. The van der Waals surface area contributed by atoms with Crippen LogP contribution in [0.1, 0.15) is 17.2 Å². The Hall–Kier alpha value is -4.18. The number of nitrogens with zero attached hydrogens (tertiary/aromatic N) is 2. The van der Waals surface area contributed by atoms with Gasteiger partial charge in [0.2, 0.25) is 5.91 Å². The summed E-state index contributed by atoms with van der Waals surface area (Å²) in [5.41, 5.74) is 1.93. The maximum absolute atomic E-state index is 14.0. The fraction of sp³-hybridized carbons (Fsp3) is 0.133. The van der Waals surface area contributed by atoms with E-state index in [-0.39, 0.29) is 10.6 Å². The highest BCUT2D eigenvalue weighted by atomic mass is 35.5. The van der Waals surface area contributed by atoms with Crippen molar-refractivity contribution in [1.82, 2.24) is 0 Å². The maximum atomic E-state index is 14.0. The largest absolute Gasteiger partial charge is 0.379 e. The summed E-state index contributed by atoms with van der Waals surface area (Å²) in [5.74, 6) is -1.97. The van der Waals surface area contributed by atoms with Gasteiger partial charge in [-0.2, -0.15) is 8.42 Å². The molecular formula is C30H23ClN2O6S. The predicted octanol–water partition coefficient (Wildman–Crippen LogP) is 5.47. The number of hydrogen-bond acceptors (Lipinski definition) is 7. The molecule has 2 fully saturated rings. The van der Waals surface area contributed by atoms with Gasteiger partial charge >= 0.3 is 10.1 Å². The Labute approximate surface area is 236 Å². The molecule has 0 bridgehead atoms. The molecule has 0 aromatic heterocycles. The molecule has 2 heterocycles. The van der Waals surface area contributed by atoms with E-state index in [1.54, 1.807) is 85.8 Å². The normalized spacial score (nSPS) is 20.6. The van der Waals surface area contributed by atoms with E-state index >= 15 is 0 Å². The third-order valence-electron chi connectivity index (χ3n) is 7.08. The molecule has 8 nitrogen and oxygen atoms in total. The third kappa shape index (κ3) is 4.32. The molecule has 3 atom stereocenters. The Balaban J connectivity index is 1.46. The standard InChI is InChI=1S/C30H23ClN2O6S/c1-19-23(31)16-10-17-24(19)32-29(34)26-27(33(38-28(26)30(32)35)20-11-4-2-5-12-20)22-15-8-9-18-25(22)39-40(36,37)21-13-6-3-7-14-21/h2-18,26-28H,1H3/t26-,27-,28-/m0/s1. The number of para-hydroxylation sites is 2. The molecule has 0 N–H and O–H groups in total. The van der Waals surface area contributed by atoms with Gasteiger partial charge in [-0.15, -0.1) is 0 Å². The average Bonchev–Trinajstić information content (AvgIpc) is 3.47. The Morgan fingerprint density at radius 2 is 1.45 bits per heavy atom. The number of amides is 2. The third-order valence-corrected chi connectivity index (χ3v) is 8.73. The molecule has 2 saturated heterocycles. The van der Waals surface area contributed by atoms with Gasteiger partial charge in [0.15, 0.2) is 6.10 Å². The molecule has 2 amide bonds. The summed E-state index contributed by atoms with van der Waals surface area (Å²) in [5, 5.41) is 1.91. The number of fused-ring (bicyclic) bond motifs is 1. The number of anilines is 2. The lowest BCUT2D eigenvalue weighted by molar-refractivity contribution is -0.126. The summed E-state index contributed by atoms with van der Waals surface area (Å²) in [7, 11) is -4.19. The van der Waals surface area contributed by atoms with Crippen LogP contribution in [0.15, 0.2) is 108 Å². The lowest BCUT2D eigenvalue weighted by atomic mass is 9.90.